The smallest absolute Gasteiger partial charge is 0.185 e. The molecular formula is C23H23BN8S. The minimum absolute atomic E-state index is 0.0210. The SMILES string of the molecule is [B]C1=C(CN2CCN(c3nccs3)CC2)NC2C(c3cnc4ccccc4c3)C=NN2C1=N. The Morgan fingerprint density at radius 2 is 2.00 bits per heavy atom. The summed E-state index contributed by atoms with van der Waals surface area (Å²) in [5, 5.41) is 22.6. The highest BCUT2D eigenvalue weighted by Crippen LogP contribution is 2.32. The number of anilines is 1. The van der Waals surface area contributed by atoms with Gasteiger partial charge in [-0.05, 0) is 23.2 Å². The van der Waals surface area contributed by atoms with E-state index in [-0.39, 0.29) is 17.9 Å². The number of aromatic nitrogens is 2. The topological polar surface area (TPSA) is 83.7 Å². The van der Waals surface area contributed by atoms with E-state index in [1.54, 1.807) is 16.3 Å². The van der Waals surface area contributed by atoms with E-state index in [9.17, 15) is 0 Å². The second-order valence-corrected chi connectivity index (χ2v) is 9.38. The molecule has 0 aliphatic carbocycles. The second kappa shape index (κ2) is 8.28. The molecule has 3 aromatic rings. The van der Waals surface area contributed by atoms with Crippen LogP contribution in [0.2, 0.25) is 0 Å². The third kappa shape index (κ3) is 3.69. The number of para-hydroxylation sites is 1. The summed E-state index contributed by atoms with van der Waals surface area (Å²) in [5.74, 6) is 0.231. The predicted molar refractivity (Wildman–Crippen MR) is 133 cm³/mol. The minimum Gasteiger partial charge on any atom is -0.366 e. The number of nitrogens with one attached hydrogen (secondary N) is 2. The number of fused-ring (bicyclic) bond motifs is 2. The minimum atomic E-state index is -0.181. The van der Waals surface area contributed by atoms with Crippen LogP contribution in [-0.4, -0.2) is 78.7 Å². The van der Waals surface area contributed by atoms with E-state index in [1.807, 2.05) is 42.2 Å². The molecule has 0 amide bonds. The number of amidine groups is 1. The van der Waals surface area contributed by atoms with Crippen LogP contribution in [0.5, 0.6) is 0 Å². The molecule has 2 radical (unpaired) electrons. The first kappa shape index (κ1) is 20.4. The Balaban J connectivity index is 1.18. The van der Waals surface area contributed by atoms with Gasteiger partial charge in [0.15, 0.2) is 5.13 Å². The van der Waals surface area contributed by atoms with E-state index in [2.05, 4.69) is 42.3 Å². The van der Waals surface area contributed by atoms with Crippen LogP contribution in [0.25, 0.3) is 10.9 Å². The van der Waals surface area contributed by atoms with Crippen LogP contribution in [0.3, 0.4) is 0 Å². The number of piperazine rings is 1. The largest absolute Gasteiger partial charge is 0.366 e. The molecule has 33 heavy (non-hydrogen) atoms. The molecule has 10 heteroatoms. The molecule has 5 heterocycles. The maximum atomic E-state index is 8.62. The van der Waals surface area contributed by atoms with E-state index >= 15 is 0 Å². The van der Waals surface area contributed by atoms with Crippen molar-refractivity contribution < 1.29 is 0 Å². The third-order valence-electron chi connectivity index (χ3n) is 6.53. The first-order valence-corrected chi connectivity index (χ1v) is 11.9. The Morgan fingerprint density at radius 3 is 2.82 bits per heavy atom. The zero-order valence-corrected chi connectivity index (χ0v) is 18.9. The van der Waals surface area contributed by atoms with Crippen molar-refractivity contribution in [2.75, 3.05) is 37.6 Å². The highest BCUT2D eigenvalue weighted by molar-refractivity contribution is 7.13. The van der Waals surface area contributed by atoms with Crippen molar-refractivity contribution in [1.82, 2.24) is 25.2 Å². The number of hydrogen-bond donors (Lipinski definition) is 2. The van der Waals surface area contributed by atoms with Gasteiger partial charge in [0.25, 0.3) is 0 Å². The molecular weight excluding hydrogens is 431 g/mol. The van der Waals surface area contributed by atoms with Crippen LogP contribution >= 0.6 is 11.3 Å². The van der Waals surface area contributed by atoms with E-state index in [0.29, 0.717) is 12.0 Å². The lowest BCUT2D eigenvalue weighted by atomic mass is 9.87. The van der Waals surface area contributed by atoms with Gasteiger partial charge in [0.05, 0.1) is 11.4 Å². The summed E-state index contributed by atoms with van der Waals surface area (Å²) in [6.07, 6.45) is 5.47. The van der Waals surface area contributed by atoms with Crippen molar-refractivity contribution in [2.24, 2.45) is 5.10 Å². The summed E-state index contributed by atoms with van der Waals surface area (Å²) in [6, 6.07) is 10.3. The molecule has 8 nitrogen and oxygen atoms in total. The molecule has 2 unspecified atom stereocenters. The van der Waals surface area contributed by atoms with E-state index < -0.39 is 0 Å². The summed E-state index contributed by atoms with van der Waals surface area (Å²) in [5.41, 5.74) is 3.40. The molecule has 1 fully saturated rings. The van der Waals surface area contributed by atoms with Gasteiger partial charge in [-0.2, -0.15) is 5.10 Å². The lowest BCUT2D eigenvalue weighted by Gasteiger charge is -2.40. The van der Waals surface area contributed by atoms with Crippen molar-refractivity contribution >= 4 is 47.3 Å². The molecule has 6 rings (SSSR count). The molecule has 2 N–H and O–H groups in total. The standard InChI is InChI=1S/C23H23BN8S/c24-20-19(14-30-6-8-31(9-7-30)23-26-5-10-33-23)29-22-17(13-28-32(22)21(20)25)16-11-15-3-1-2-4-18(15)27-12-16/h1-5,10-13,17,22,25,29H,6-9,14H2. The lowest BCUT2D eigenvalue weighted by molar-refractivity contribution is 0.247. The molecule has 164 valence electrons. The number of rotatable bonds is 4. The first-order chi connectivity index (χ1) is 16.2. The number of thiazole rings is 1. The van der Waals surface area contributed by atoms with Crippen molar-refractivity contribution in [3.8, 4) is 0 Å². The molecule has 0 spiro atoms. The Hall–Kier alpha value is -3.24. The number of hydrazone groups is 1. The van der Waals surface area contributed by atoms with Gasteiger partial charge >= 0.3 is 0 Å². The molecule has 0 bridgehead atoms. The fourth-order valence-corrected chi connectivity index (χ4v) is 5.38. The van der Waals surface area contributed by atoms with Crippen LogP contribution in [0.15, 0.2) is 64.4 Å². The van der Waals surface area contributed by atoms with E-state index in [1.165, 1.54) is 0 Å². The summed E-state index contributed by atoms with van der Waals surface area (Å²) in [6.45, 7) is 4.40. The lowest BCUT2D eigenvalue weighted by Crippen LogP contribution is -2.54. The average molecular weight is 454 g/mol. The van der Waals surface area contributed by atoms with Crippen LogP contribution in [0.1, 0.15) is 11.5 Å². The van der Waals surface area contributed by atoms with Crippen LogP contribution < -0.4 is 10.2 Å². The highest BCUT2D eigenvalue weighted by Gasteiger charge is 2.39. The molecule has 3 aliphatic heterocycles. The molecule has 1 saturated heterocycles. The fourth-order valence-electron chi connectivity index (χ4n) is 4.68. The Kier molecular flexibility index (Phi) is 5.11. The van der Waals surface area contributed by atoms with Crippen LogP contribution in [-0.2, 0) is 0 Å². The number of nitrogens with zero attached hydrogens (tertiary/aromatic N) is 6. The Morgan fingerprint density at radius 1 is 1.15 bits per heavy atom. The van der Waals surface area contributed by atoms with Crippen LogP contribution in [0, 0.1) is 5.41 Å². The summed E-state index contributed by atoms with van der Waals surface area (Å²) < 4.78 is 0. The van der Waals surface area contributed by atoms with Gasteiger partial charge < -0.3 is 10.2 Å². The van der Waals surface area contributed by atoms with E-state index in [0.717, 1.165) is 53.5 Å². The van der Waals surface area contributed by atoms with Gasteiger partial charge in [0, 0.05) is 67.8 Å². The maximum absolute atomic E-state index is 8.62. The number of benzene rings is 1. The van der Waals surface area contributed by atoms with Gasteiger partial charge in [-0.15, -0.1) is 11.3 Å². The Labute approximate surface area is 197 Å². The van der Waals surface area contributed by atoms with Gasteiger partial charge in [-0.3, -0.25) is 15.3 Å². The van der Waals surface area contributed by atoms with Gasteiger partial charge in [-0.25, -0.2) is 9.99 Å². The molecule has 0 saturated carbocycles. The molecule has 1 aromatic carbocycles. The predicted octanol–water partition coefficient (Wildman–Crippen LogP) is 2.19. The van der Waals surface area contributed by atoms with Gasteiger partial charge in [0.2, 0.25) is 0 Å². The quantitative estimate of drug-likeness (QED) is 0.589. The van der Waals surface area contributed by atoms with Crippen molar-refractivity contribution in [2.45, 2.75) is 12.1 Å². The fraction of sp³-hybridized carbons (Fsp3) is 0.304. The van der Waals surface area contributed by atoms with Gasteiger partial charge in [-0.1, -0.05) is 18.2 Å². The van der Waals surface area contributed by atoms with Crippen molar-refractivity contribution in [3.63, 3.8) is 0 Å². The molecule has 2 aromatic heterocycles. The van der Waals surface area contributed by atoms with E-state index in [4.69, 9.17) is 13.3 Å². The van der Waals surface area contributed by atoms with Crippen LogP contribution in [0.4, 0.5) is 5.13 Å². The highest BCUT2D eigenvalue weighted by atomic mass is 32.1. The molecule has 2 atom stereocenters. The third-order valence-corrected chi connectivity index (χ3v) is 7.36. The summed E-state index contributed by atoms with van der Waals surface area (Å²) in [4.78, 5) is 13.8. The van der Waals surface area contributed by atoms with Crippen molar-refractivity contribution in [1.29, 1.82) is 5.41 Å². The average Bonchev–Trinajstić information content (AvgIpc) is 3.53. The normalized spacial score (nSPS) is 23.3. The Bertz CT molecular complexity index is 1250. The second-order valence-electron chi connectivity index (χ2n) is 8.50. The van der Waals surface area contributed by atoms with Gasteiger partial charge in [0.1, 0.15) is 19.8 Å². The zero-order valence-electron chi connectivity index (χ0n) is 18.1. The monoisotopic (exact) mass is 454 g/mol. The number of pyridine rings is 1. The van der Waals surface area contributed by atoms with Crippen molar-refractivity contribution in [3.05, 3.63) is 64.8 Å². The summed E-state index contributed by atoms with van der Waals surface area (Å²) >= 11 is 1.68. The zero-order chi connectivity index (χ0) is 22.4. The molecule has 3 aliphatic rings. The number of hydrogen-bond acceptors (Lipinski definition) is 8. The first-order valence-electron chi connectivity index (χ1n) is 11.1. The maximum Gasteiger partial charge on any atom is 0.185 e. The summed E-state index contributed by atoms with van der Waals surface area (Å²) in [7, 11) is 6.38.